The van der Waals surface area contributed by atoms with Crippen molar-refractivity contribution in [3.63, 3.8) is 0 Å². The van der Waals surface area contributed by atoms with Gasteiger partial charge in [-0.3, -0.25) is 4.79 Å². The lowest BCUT2D eigenvalue weighted by Crippen LogP contribution is -2.29. The predicted octanol–water partition coefficient (Wildman–Crippen LogP) is 1.45. The van der Waals surface area contributed by atoms with Crippen molar-refractivity contribution in [1.29, 1.82) is 0 Å². The van der Waals surface area contributed by atoms with Crippen LogP contribution in [0.2, 0.25) is 0 Å². The quantitative estimate of drug-likeness (QED) is 0.785. The van der Waals surface area contributed by atoms with Crippen molar-refractivity contribution in [3.05, 3.63) is 21.4 Å². The first-order valence-electron chi connectivity index (χ1n) is 5.57. The molecule has 96 valence electrons. The smallest absolute Gasteiger partial charge is 0.263 e. The summed E-state index contributed by atoms with van der Waals surface area (Å²) in [6.07, 6.45) is 0. The Morgan fingerprint density at radius 2 is 2.18 bits per heavy atom. The Bertz CT molecular complexity index is 356. The second-order valence-corrected chi connectivity index (χ2v) is 5.17. The summed E-state index contributed by atoms with van der Waals surface area (Å²) in [6, 6.07) is 1.92. The zero-order valence-corrected chi connectivity index (χ0v) is 11.3. The number of likely N-dealkylation sites (N-methyl/N-ethyl adjacent to an activating group) is 1. The molecular formula is C12H19NO3S. The lowest BCUT2D eigenvalue weighted by Gasteiger charge is -2.15. The molecule has 0 aliphatic carbocycles. The number of ether oxygens (including phenoxy) is 1. The number of amides is 1. The second kappa shape index (κ2) is 6.74. The molecule has 1 aromatic rings. The van der Waals surface area contributed by atoms with Crippen LogP contribution in [0.15, 0.2) is 6.07 Å². The molecule has 1 rings (SSSR count). The van der Waals surface area contributed by atoms with E-state index in [9.17, 15) is 4.79 Å². The van der Waals surface area contributed by atoms with Crippen LogP contribution in [0, 0.1) is 13.8 Å². The topological polar surface area (TPSA) is 49.8 Å². The number of nitrogens with zero attached hydrogens (tertiary/aromatic N) is 1. The van der Waals surface area contributed by atoms with Gasteiger partial charge in [-0.2, -0.15) is 0 Å². The third-order valence-electron chi connectivity index (χ3n) is 2.53. The van der Waals surface area contributed by atoms with E-state index >= 15 is 0 Å². The Labute approximate surface area is 106 Å². The molecule has 0 spiro atoms. The summed E-state index contributed by atoms with van der Waals surface area (Å²) in [5.74, 6) is 0.0267. The van der Waals surface area contributed by atoms with Gasteiger partial charge in [-0.1, -0.05) is 0 Å². The number of aryl methyl sites for hydroxylation is 2. The normalized spacial score (nSPS) is 10.6. The van der Waals surface area contributed by atoms with Gasteiger partial charge in [0, 0.05) is 18.5 Å². The van der Waals surface area contributed by atoms with Crippen LogP contribution in [0.1, 0.15) is 20.1 Å². The molecule has 0 radical (unpaired) electrons. The SMILES string of the molecule is Cc1cc(C(=O)N(C)CCOCCO)sc1C. The molecule has 0 unspecified atom stereocenters. The van der Waals surface area contributed by atoms with Crippen LogP contribution in [0.3, 0.4) is 0 Å². The molecule has 1 N–H and O–H groups in total. The first-order valence-corrected chi connectivity index (χ1v) is 6.39. The molecule has 17 heavy (non-hydrogen) atoms. The van der Waals surface area contributed by atoms with Crippen LogP contribution in [-0.4, -0.2) is 49.3 Å². The highest BCUT2D eigenvalue weighted by molar-refractivity contribution is 7.14. The molecule has 0 aliphatic rings. The minimum absolute atomic E-state index is 0.0149. The predicted molar refractivity (Wildman–Crippen MR) is 68.7 cm³/mol. The standard InChI is InChI=1S/C12H19NO3S/c1-9-8-11(17-10(9)2)12(15)13(3)4-6-16-7-5-14/h8,14H,4-7H2,1-3H3. The first kappa shape index (κ1) is 14.2. The molecule has 4 nitrogen and oxygen atoms in total. The molecule has 0 saturated heterocycles. The monoisotopic (exact) mass is 257 g/mol. The van der Waals surface area contributed by atoms with Crippen molar-refractivity contribution >= 4 is 17.2 Å². The van der Waals surface area contributed by atoms with E-state index in [1.54, 1.807) is 11.9 Å². The summed E-state index contributed by atoms with van der Waals surface area (Å²) in [5.41, 5.74) is 1.16. The van der Waals surface area contributed by atoms with E-state index in [-0.39, 0.29) is 12.5 Å². The summed E-state index contributed by atoms with van der Waals surface area (Å²) < 4.78 is 5.13. The summed E-state index contributed by atoms with van der Waals surface area (Å²) >= 11 is 1.52. The Hall–Kier alpha value is -0.910. The summed E-state index contributed by atoms with van der Waals surface area (Å²) in [6.45, 7) is 5.34. The van der Waals surface area contributed by atoms with Crippen LogP contribution in [0.25, 0.3) is 0 Å². The average molecular weight is 257 g/mol. The average Bonchev–Trinajstić information content (AvgIpc) is 2.64. The maximum atomic E-state index is 12.0. The molecule has 0 bridgehead atoms. The Kier molecular flexibility index (Phi) is 5.61. The van der Waals surface area contributed by atoms with Gasteiger partial charge in [0.1, 0.15) is 0 Å². The summed E-state index contributed by atoms with van der Waals surface area (Å²) in [7, 11) is 1.76. The van der Waals surface area contributed by atoms with Gasteiger partial charge < -0.3 is 14.7 Å². The molecule has 0 fully saturated rings. The van der Waals surface area contributed by atoms with Crippen LogP contribution in [0.4, 0.5) is 0 Å². The van der Waals surface area contributed by atoms with Crippen molar-refractivity contribution in [3.8, 4) is 0 Å². The molecule has 1 heterocycles. The van der Waals surface area contributed by atoms with Gasteiger partial charge in [0.2, 0.25) is 0 Å². The lowest BCUT2D eigenvalue weighted by atomic mass is 10.3. The molecule has 0 saturated carbocycles. The molecule has 5 heteroatoms. The molecule has 0 aromatic carbocycles. The Morgan fingerprint density at radius 3 is 2.71 bits per heavy atom. The van der Waals surface area contributed by atoms with Crippen molar-refractivity contribution in [1.82, 2.24) is 4.90 Å². The lowest BCUT2D eigenvalue weighted by molar-refractivity contribution is 0.0621. The molecule has 0 atom stereocenters. The Balaban J connectivity index is 2.46. The molecule has 1 amide bonds. The van der Waals surface area contributed by atoms with Gasteiger partial charge in [-0.15, -0.1) is 11.3 Å². The zero-order valence-electron chi connectivity index (χ0n) is 10.5. The number of carbonyl (C=O) groups excluding carboxylic acids is 1. The third kappa shape index (κ3) is 4.11. The van der Waals surface area contributed by atoms with E-state index in [0.29, 0.717) is 19.8 Å². The third-order valence-corrected chi connectivity index (χ3v) is 3.67. The molecule has 1 aromatic heterocycles. The minimum Gasteiger partial charge on any atom is -0.394 e. The van der Waals surface area contributed by atoms with Gasteiger partial charge in [-0.25, -0.2) is 0 Å². The van der Waals surface area contributed by atoms with E-state index in [1.807, 2.05) is 19.9 Å². The number of hydrogen-bond donors (Lipinski definition) is 1. The van der Waals surface area contributed by atoms with Gasteiger partial charge in [0.05, 0.1) is 24.7 Å². The highest BCUT2D eigenvalue weighted by Crippen LogP contribution is 2.21. The fourth-order valence-electron chi connectivity index (χ4n) is 1.34. The van der Waals surface area contributed by atoms with E-state index in [0.717, 1.165) is 10.4 Å². The van der Waals surface area contributed by atoms with Gasteiger partial charge in [0.25, 0.3) is 5.91 Å². The van der Waals surface area contributed by atoms with Gasteiger partial charge in [0.15, 0.2) is 0 Å². The highest BCUT2D eigenvalue weighted by atomic mass is 32.1. The minimum atomic E-state index is 0.0149. The number of thiophene rings is 1. The fraction of sp³-hybridized carbons (Fsp3) is 0.583. The van der Waals surface area contributed by atoms with Gasteiger partial charge in [-0.05, 0) is 25.5 Å². The number of hydrogen-bond acceptors (Lipinski definition) is 4. The van der Waals surface area contributed by atoms with Crippen LogP contribution < -0.4 is 0 Å². The van der Waals surface area contributed by atoms with Crippen molar-refractivity contribution < 1.29 is 14.6 Å². The second-order valence-electron chi connectivity index (χ2n) is 3.91. The van der Waals surface area contributed by atoms with E-state index in [2.05, 4.69) is 0 Å². The van der Waals surface area contributed by atoms with Crippen molar-refractivity contribution in [2.24, 2.45) is 0 Å². The van der Waals surface area contributed by atoms with E-state index in [4.69, 9.17) is 9.84 Å². The van der Waals surface area contributed by atoms with Crippen molar-refractivity contribution in [2.45, 2.75) is 13.8 Å². The maximum Gasteiger partial charge on any atom is 0.263 e. The van der Waals surface area contributed by atoms with Gasteiger partial charge >= 0.3 is 0 Å². The van der Waals surface area contributed by atoms with Crippen LogP contribution >= 0.6 is 11.3 Å². The summed E-state index contributed by atoms with van der Waals surface area (Å²) in [4.78, 5) is 15.6. The Morgan fingerprint density at radius 1 is 1.47 bits per heavy atom. The zero-order chi connectivity index (χ0) is 12.8. The largest absolute Gasteiger partial charge is 0.394 e. The number of carbonyl (C=O) groups is 1. The maximum absolute atomic E-state index is 12.0. The summed E-state index contributed by atoms with van der Waals surface area (Å²) in [5, 5.41) is 8.55. The molecular weight excluding hydrogens is 238 g/mol. The van der Waals surface area contributed by atoms with Crippen molar-refractivity contribution in [2.75, 3.05) is 33.4 Å². The molecule has 0 aliphatic heterocycles. The highest BCUT2D eigenvalue weighted by Gasteiger charge is 2.14. The number of aliphatic hydroxyl groups is 1. The first-order chi connectivity index (χ1) is 8.06. The van der Waals surface area contributed by atoms with Crippen LogP contribution in [-0.2, 0) is 4.74 Å². The van der Waals surface area contributed by atoms with E-state index in [1.165, 1.54) is 16.2 Å². The van der Waals surface area contributed by atoms with E-state index < -0.39 is 0 Å². The number of aliphatic hydroxyl groups excluding tert-OH is 1. The van der Waals surface area contributed by atoms with Crippen LogP contribution in [0.5, 0.6) is 0 Å². The fourth-order valence-corrected chi connectivity index (χ4v) is 2.36. The number of rotatable bonds is 6.